The Morgan fingerprint density at radius 2 is 2.03 bits per heavy atom. The monoisotopic (exact) mass is 496 g/mol. The molecule has 3 N–H and O–H groups in total. The first-order valence-electron chi connectivity index (χ1n) is 11.2. The summed E-state index contributed by atoms with van der Waals surface area (Å²) in [6.45, 7) is 0.374. The molecule has 3 heterocycles. The van der Waals surface area contributed by atoms with Crippen LogP contribution in [0.25, 0.3) is 10.9 Å². The molecule has 8 nitrogen and oxygen atoms in total. The molecule has 36 heavy (non-hydrogen) atoms. The predicted molar refractivity (Wildman–Crippen MR) is 140 cm³/mol. The number of rotatable bonds is 7. The van der Waals surface area contributed by atoms with Gasteiger partial charge in [0.1, 0.15) is 18.4 Å². The van der Waals surface area contributed by atoms with Crippen molar-refractivity contribution in [1.29, 1.82) is 5.26 Å². The van der Waals surface area contributed by atoms with Crippen molar-refractivity contribution in [3.8, 4) is 17.6 Å². The number of aromatic nitrogens is 2. The summed E-state index contributed by atoms with van der Waals surface area (Å²) in [6.07, 6.45) is 9.12. The summed E-state index contributed by atoms with van der Waals surface area (Å²) >= 11 is 6.03. The number of anilines is 2. The molecule has 1 unspecified atom stereocenters. The van der Waals surface area contributed by atoms with Gasteiger partial charge in [-0.1, -0.05) is 23.7 Å². The van der Waals surface area contributed by atoms with Gasteiger partial charge in [-0.25, -0.2) is 4.99 Å². The normalized spacial score (nSPS) is 14.7. The minimum absolute atomic E-state index is 0.143. The number of hydrogen-bond donors (Lipinski definition) is 2. The van der Waals surface area contributed by atoms with Crippen LogP contribution in [-0.4, -0.2) is 22.2 Å². The molecule has 4 aromatic rings. The van der Waals surface area contributed by atoms with Crippen molar-refractivity contribution in [2.75, 3.05) is 11.1 Å². The number of aliphatic imine (C=N–C) groups is 1. The Kier molecular flexibility index (Phi) is 6.65. The lowest BCUT2D eigenvalue weighted by Gasteiger charge is -2.20. The molecule has 2 aromatic heterocycles. The summed E-state index contributed by atoms with van der Waals surface area (Å²) in [5, 5.41) is 14.5. The number of nitrogens with zero attached hydrogens (tertiary/aromatic N) is 4. The van der Waals surface area contributed by atoms with E-state index in [2.05, 4.69) is 26.3 Å². The van der Waals surface area contributed by atoms with E-state index in [1.54, 1.807) is 42.9 Å². The number of nitriles is 1. The summed E-state index contributed by atoms with van der Waals surface area (Å²) in [5.41, 5.74) is 9.37. The molecule has 0 spiro atoms. The maximum absolute atomic E-state index is 9.70. The molecule has 0 saturated heterocycles. The van der Waals surface area contributed by atoms with Crippen molar-refractivity contribution in [1.82, 2.24) is 9.97 Å². The number of nitrogens with one attached hydrogen (secondary N) is 1. The Labute approximate surface area is 212 Å². The van der Waals surface area contributed by atoms with Gasteiger partial charge >= 0.3 is 0 Å². The van der Waals surface area contributed by atoms with Crippen molar-refractivity contribution in [3.63, 3.8) is 0 Å². The number of fused-ring (bicyclic) bond motifs is 1. The first-order valence-corrected chi connectivity index (χ1v) is 11.5. The van der Waals surface area contributed by atoms with Gasteiger partial charge in [-0.15, -0.1) is 0 Å². The third-order valence-electron chi connectivity index (χ3n) is 5.53. The molecular formula is C27H21ClN6O2. The first-order chi connectivity index (χ1) is 17.6. The van der Waals surface area contributed by atoms with E-state index in [0.29, 0.717) is 63.3 Å². The zero-order valence-corrected chi connectivity index (χ0v) is 19.8. The summed E-state index contributed by atoms with van der Waals surface area (Å²) in [5.74, 6) is 1.62. The highest BCUT2D eigenvalue weighted by atomic mass is 35.5. The number of nitrogens with two attached hydrogens (primary N) is 1. The molecule has 9 heteroatoms. The Balaban J connectivity index is 1.33. The number of benzene rings is 2. The topological polar surface area (TPSA) is 118 Å². The third kappa shape index (κ3) is 5.22. The summed E-state index contributed by atoms with van der Waals surface area (Å²) in [6, 6.07) is 16.6. The zero-order valence-electron chi connectivity index (χ0n) is 19.1. The van der Waals surface area contributed by atoms with Crippen molar-refractivity contribution < 1.29 is 9.47 Å². The van der Waals surface area contributed by atoms with Gasteiger partial charge in [0.25, 0.3) is 0 Å². The Bertz CT molecular complexity index is 1510. The number of ether oxygens (including phenoxy) is 2. The fourth-order valence-corrected chi connectivity index (χ4v) is 3.98. The molecule has 0 radical (unpaired) electrons. The highest BCUT2D eigenvalue weighted by Gasteiger charge is 2.17. The van der Waals surface area contributed by atoms with Crippen molar-refractivity contribution >= 4 is 40.1 Å². The number of halogens is 1. The van der Waals surface area contributed by atoms with E-state index in [1.807, 2.05) is 30.3 Å². The number of hydrogen-bond acceptors (Lipinski definition) is 8. The summed E-state index contributed by atoms with van der Waals surface area (Å²) < 4.78 is 11.7. The second kappa shape index (κ2) is 10.3. The zero-order chi connectivity index (χ0) is 24.9. The largest absolute Gasteiger partial charge is 0.473 e. The molecule has 1 aliphatic heterocycles. The average Bonchev–Trinajstić information content (AvgIpc) is 2.90. The van der Waals surface area contributed by atoms with Crippen molar-refractivity contribution in [2.45, 2.75) is 19.1 Å². The molecule has 5 rings (SSSR count). The molecule has 0 aliphatic carbocycles. The molecule has 178 valence electrons. The van der Waals surface area contributed by atoms with Crippen LogP contribution in [0.3, 0.4) is 0 Å². The third-order valence-corrected chi connectivity index (χ3v) is 5.77. The quantitative estimate of drug-likeness (QED) is 0.308. The second-order valence-corrected chi connectivity index (χ2v) is 8.51. The van der Waals surface area contributed by atoms with Crippen LogP contribution in [0, 0.1) is 11.3 Å². The highest BCUT2D eigenvalue weighted by Crippen LogP contribution is 2.35. The van der Waals surface area contributed by atoms with E-state index in [4.69, 9.17) is 26.8 Å². The second-order valence-electron chi connectivity index (χ2n) is 8.08. The van der Waals surface area contributed by atoms with Crippen molar-refractivity contribution in [2.24, 2.45) is 4.99 Å². The standard InChI is InChI=1S/C27H21ClN6O2/c28-19-3-1-2-17(10-19)16-35-26-5-4-20(15-33-26)34-27-18(13-29)14-32-24-12-25(23(30)11-22(24)27)36-21-6-8-31-9-7-21/h1-3,5-12,14-15,20H,4,16,30H2,(H,32,34). The molecule has 0 bridgehead atoms. The minimum atomic E-state index is -0.143. The molecular weight excluding hydrogens is 476 g/mol. The Hall–Kier alpha value is -4.61. The van der Waals surface area contributed by atoms with Gasteiger partial charge in [0.2, 0.25) is 5.88 Å². The van der Waals surface area contributed by atoms with Crippen LogP contribution in [0.2, 0.25) is 5.02 Å². The summed E-state index contributed by atoms with van der Waals surface area (Å²) in [4.78, 5) is 12.9. The van der Waals surface area contributed by atoms with Gasteiger partial charge in [-0.05, 0) is 48.4 Å². The van der Waals surface area contributed by atoms with Crippen LogP contribution in [0.5, 0.6) is 11.5 Å². The molecule has 0 amide bonds. The lowest BCUT2D eigenvalue weighted by molar-refractivity contribution is 0.195. The predicted octanol–water partition coefficient (Wildman–Crippen LogP) is 5.84. The lowest BCUT2D eigenvalue weighted by Crippen LogP contribution is -2.23. The molecule has 0 saturated carbocycles. The van der Waals surface area contributed by atoms with E-state index in [-0.39, 0.29) is 6.04 Å². The van der Waals surface area contributed by atoms with Gasteiger partial charge in [0.05, 0.1) is 28.5 Å². The van der Waals surface area contributed by atoms with E-state index >= 15 is 0 Å². The smallest absolute Gasteiger partial charge is 0.209 e. The van der Waals surface area contributed by atoms with Gasteiger partial charge in [0.15, 0.2) is 5.75 Å². The minimum Gasteiger partial charge on any atom is -0.473 e. The van der Waals surface area contributed by atoms with Gasteiger partial charge in [0, 0.05) is 41.3 Å². The van der Waals surface area contributed by atoms with Crippen LogP contribution in [0.1, 0.15) is 17.5 Å². The molecule has 0 fully saturated rings. The number of pyridine rings is 2. The highest BCUT2D eigenvalue weighted by molar-refractivity contribution is 6.30. The Morgan fingerprint density at radius 1 is 1.17 bits per heavy atom. The van der Waals surface area contributed by atoms with Crippen LogP contribution in [0.4, 0.5) is 11.4 Å². The van der Waals surface area contributed by atoms with Gasteiger partial charge in [-0.3, -0.25) is 9.97 Å². The average molecular weight is 497 g/mol. The maximum Gasteiger partial charge on any atom is 0.209 e. The van der Waals surface area contributed by atoms with Crippen LogP contribution < -0.4 is 15.8 Å². The first kappa shape index (κ1) is 23.1. The van der Waals surface area contributed by atoms with Crippen LogP contribution in [0.15, 0.2) is 84.1 Å². The molecule has 2 aromatic carbocycles. The van der Waals surface area contributed by atoms with Gasteiger partial charge in [-0.2, -0.15) is 5.26 Å². The van der Waals surface area contributed by atoms with Crippen molar-refractivity contribution in [3.05, 3.63) is 95.2 Å². The van der Waals surface area contributed by atoms with Crippen LogP contribution >= 0.6 is 11.6 Å². The van der Waals surface area contributed by atoms with Gasteiger partial charge < -0.3 is 20.5 Å². The summed E-state index contributed by atoms with van der Waals surface area (Å²) in [7, 11) is 0. The van der Waals surface area contributed by atoms with E-state index in [0.717, 1.165) is 5.56 Å². The molecule has 1 aliphatic rings. The lowest BCUT2D eigenvalue weighted by atomic mass is 10.1. The van der Waals surface area contributed by atoms with E-state index < -0.39 is 0 Å². The fraction of sp³-hybridized carbons (Fsp3) is 0.111. The SMILES string of the molecule is N#Cc1cnc2cc(Oc3ccncc3)c(N)cc2c1NC1C=NC(OCc2cccc(Cl)c2)=CC1. The molecule has 1 atom stereocenters. The number of nitrogen functional groups attached to an aromatic ring is 1. The van der Waals surface area contributed by atoms with Crippen LogP contribution in [-0.2, 0) is 11.3 Å². The maximum atomic E-state index is 9.70. The van der Waals surface area contributed by atoms with E-state index in [1.165, 1.54) is 6.20 Å². The Morgan fingerprint density at radius 3 is 2.78 bits per heavy atom. The van der Waals surface area contributed by atoms with E-state index in [9.17, 15) is 5.26 Å². The fourth-order valence-electron chi connectivity index (χ4n) is 3.77.